The number of pyridine rings is 1. The van der Waals surface area contributed by atoms with E-state index in [-0.39, 0.29) is 11.8 Å². The van der Waals surface area contributed by atoms with E-state index in [9.17, 15) is 4.79 Å². The summed E-state index contributed by atoms with van der Waals surface area (Å²) in [5.74, 6) is 1.54. The van der Waals surface area contributed by atoms with Crippen molar-refractivity contribution < 1.29 is 4.79 Å². The Morgan fingerprint density at radius 1 is 1.29 bits per heavy atom. The van der Waals surface area contributed by atoms with Crippen LogP contribution in [0.3, 0.4) is 0 Å². The molecule has 0 unspecified atom stereocenters. The number of nitrogens with zero attached hydrogens (tertiary/aromatic N) is 2. The van der Waals surface area contributed by atoms with Crippen molar-refractivity contribution in [2.75, 3.05) is 12.8 Å². The Balaban J connectivity index is 2.15. The minimum atomic E-state index is 0.0607. The van der Waals surface area contributed by atoms with E-state index >= 15 is 0 Å². The van der Waals surface area contributed by atoms with Crippen molar-refractivity contribution in [1.82, 2.24) is 9.88 Å². The molecule has 1 amide bonds. The number of nitrogen functional groups attached to an aromatic ring is 1. The molecule has 1 aromatic rings. The maximum absolute atomic E-state index is 12.7. The molecule has 4 heteroatoms. The van der Waals surface area contributed by atoms with E-state index in [2.05, 4.69) is 25.8 Å². The van der Waals surface area contributed by atoms with Gasteiger partial charge in [-0.05, 0) is 49.7 Å². The van der Waals surface area contributed by atoms with Crippen LogP contribution in [0.1, 0.15) is 68.4 Å². The van der Waals surface area contributed by atoms with Gasteiger partial charge in [0.1, 0.15) is 5.82 Å². The fourth-order valence-electron chi connectivity index (χ4n) is 2.99. The van der Waals surface area contributed by atoms with E-state index in [1.54, 1.807) is 6.07 Å². The number of rotatable bonds is 3. The van der Waals surface area contributed by atoms with Crippen molar-refractivity contribution in [3.63, 3.8) is 0 Å². The molecule has 0 aromatic carbocycles. The van der Waals surface area contributed by atoms with Gasteiger partial charge in [0.2, 0.25) is 0 Å². The predicted octanol–water partition coefficient (Wildman–Crippen LogP) is 3.44. The first-order valence-corrected chi connectivity index (χ1v) is 7.93. The molecule has 2 rings (SSSR count). The summed E-state index contributed by atoms with van der Waals surface area (Å²) in [6.07, 6.45) is 4.61. The second-order valence-electron chi connectivity index (χ2n) is 6.69. The van der Waals surface area contributed by atoms with Gasteiger partial charge in [-0.2, -0.15) is 0 Å². The van der Waals surface area contributed by atoms with Crippen molar-refractivity contribution in [3.8, 4) is 0 Å². The summed E-state index contributed by atoms with van der Waals surface area (Å²) < 4.78 is 0. The number of nitrogens with two attached hydrogens (primary N) is 1. The fraction of sp³-hybridized carbons (Fsp3) is 0.647. The maximum Gasteiger partial charge on any atom is 0.254 e. The van der Waals surface area contributed by atoms with Crippen molar-refractivity contribution in [1.29, 1.82) is 0 Å². The molecular formula is C17H27N3O. The number of hydrogen-bond acceptors (Lipinski definition) is 3. The lowest BCUT2D eigenvalue weighted by Gasteiger charge is -2.33. The van der Waals surface area contributed by atoms with Gasteiger partial charge in [0.25, 0.3) is 5.91 Å². The van der Waals surface area contributed by atoms with Gasteiger partial charge in [0.15, 0.2) is 0 Å². The van der Waals surface area contributed by atoms with E-state index in [1.807, 2.05) is 18.0 Å². The number of carbonyl (C=O) groups excluding carboxylic acids is 1. The molecule has 21 heavy (non-hydrogen) atoms. The zero-order valence-electron chi connectivity index (χ0n) is 13.6. The van der Waals surface area contributed by atoms with E-state index in [0.29, 0.717) is 17.4 Å². The quantitative estimate of drug-likeness (QED) is 0.927. The molecule has 0 saturated heterocycles. The van der Waals surface area contributed by atoms with Crippen LogP contribution in [-0.4, -0.2) is 28.9 Å². The third kappa shape index (κ3) is 3.74. The molecule has 0 aliphatic heterocycles. The average molecular weight is 289 g/mol. The Morgan fingerprint density at radius 3 is 2.48 bits per heavy atom. The van der Waals surface area contributed by atoms with Gasteiger partial charge in [0.05, 0.1) is 0 Å². The van der Waals surface area contributed by atoms with Crippen LogP contribution >= 0.6 is 0 Å². The van der Waals surface area contributed by atoms with Crippen LogP contribution in [0.25, 0.3) is 0 Å². The Labute approximate surface area is 127 Å². The minimum absolute atomic E-state index is 0.0607. The number of amides is 1. The van der Waals surface area contributed by atoms with Crippen LogP contribution in [-0.2, 0) is 0 Å². The number of hydrogen-bond donors (Lipinski definition) is 1. The predicted molar refractivity (Wildman–Crippen MR) is 86.3 cm³/mol. The SMILES string of the molecule is CC1CCC(N(C)C(=O)c2cc(N)nc(C(C)C)c2)CC1. The van der Waals surface area contributed by atoms with Gasteiger partial charge >= 0.3 is 0 Å². The smallest absolute Gasteiger partial charge is 0.254 e. The van der Waals surface area contributed by atoms with Gasteiger partial charge in [-0.1, -0.05) is 20.8 Å². The van der Waals surface area contributed by atoms with Crippen LogP contribution < -0.4 is 5.73 Å². The summed E-state index contributed by atoms with van der Waals surface area (Å²) in [5.41, 5.74) is 7.39. The Bertz CT molecular complexity index is 505. The zero-order chi connectivity index (χ0) is 15.6. The maximum atomic E-state index is 12.7. The van der Waals surface area contributed by atoms with Gasteiger partial charge in [-0.3, -0.25) is 4.79 Å². The summed E-state index contributed by atoms with van der Waals surface area (Å²) in [7, 11) is 1.91. The second kappa shape index (κ2) is 6.46. The number of carbonyl (C=O) groups is 1. The molecule has 1 saturated carbocycles. The minimum Gasteiger partial charge on any atom is -0.384 e. The molecule has 4 nitrogen and oxygen atoms in total. The monoisotopic (exact) mass is 289 g/mol. The molecule has 0 radical (unpaired) electrons. The van der Waals surface area contributed by atoms with Crippen LogP contribution in [0, 0.1) is 5.92 Å². The standard InChI is InChI=1S/C17H27N3O/c1-11(2)15-9-13(10-16(18)19-15)17(21)20(4)14-7-5-12(3)6-8-14/h9-12,14H,5-8H2,1-4H3,(H2,18,19). The Kier molecular flexibility index (Phi) is 4.86. The van der Waals surface area contributed by atoms with E-state index in [0.717, 1.165) is 24.5 Å². The number of anilines is 1. The molecular weight excluding hydrogens is 262 g/mol. The first-order chi connectivity index (χ1) is 9.88. The van der Waals surface area contributed by atoms with Gasteiger partial charge in [-0.15, -0.1) is 0 Å². The normalized spacial score (nSPS) is 22.3. The highest BCUT2D eigenvalue weighted by Gasteiger charge is 2.26. The van der Waals surface area contributed by atoms with Crippen molar-refractivity contribution in [2.24, 2.45) is 5.92 Å². The van der Waals surface area contributed by atoms with Crippen LogP contribution in [0.5, 0.6) is 0 Å². The lowest BCUT2D eigenvalue weighted by molar-refractivity contribution is 0.0679. The first kappa shape index (κ1) is 15.8. The summed E-state index contributed by atoms with van der Waals surface area (Å²) >= 11 is 0. The summed E-state index contributed by atoms with van der Waals surface area (Å²) in [4.78, 5) is 18.9. The average Bonchev–Trinajstić information content (AvgIpc) is 2.45. The highest BCUT2D eigenvalue weighted by molar-refractivity contribution is 5.95. The highest BCUT2D eigenvalue weighted by atomic mass is 16.2. The molecule has 1 fully saturated rings. The molecule has 116 valence electrons. The summed E-state index contributed by atoms with van der Waals surface area (Å²) in [5, 5.41) is 0. The van der Waals surface area contributed by atoms with Crippen LogP contribution in [0.15, 0.2) is 12.1 Å². The fourth-order valence-corrected chi connectivity index (χ4v) is 2.99. The van der Waals surface area contributed by atoms with E-state index < -0.39 is 0 Å². The second-order valence-corrected chi connectivity index (χ2v) is 6.69. The van der Waals surface area contributed by atoms with Gasteiger partial charge < -0.3 is 10.6 Å². The largest absolute Gasteiger partial charge is 0.384 e. The summed E-state index contributed by atoms with van der Waals surface area (Å²) in [6, 6.07) is 3.92. The molecule has 1 heterocycles. The molecule has 0 bridgehead atoms. The molecule has 0 atom stereocenters. The van der Waals surface area contributed by atoms with Crippen molar-refractivity contribution in [2.45, 2.75) is 58.4 Å². The third-order valence-electron chi connectivity index (χ3n) is 4.56. The molecule has 2 N–H and O–H groups in total. The molecule has 1 aliphatic carbocycles. The Morgan fingerprint density at radius 2 is 1.90 bits per heavy atom. The van der Waals surface area contributed by atoms with Gasteiger partial charge in [-0.25, -0.2) is 4.98 Å². The van der Waals surface area contributed by atoms with E-state index in [1.165, 1.54) is 12.8 Å². The third-order valence-corrected chi connectivity index (χ3v) is 4.56. The zero-order valence-corrected chi connectivity index (χ0v) is 13.6. The lowest BCUT2D eigenvalue weighted by atomic mass is 9.86. The number of aromatic nitrogens is 1. The Hall–Kier alpha value is -1.58. The van der Waals surface area contributed by atoms with Crippen LogP contribution in [0.2, 0.25) is 0 Å². The van der Waals surface area contributed by atoms with E-state index in [4.69, 9.17) is 5.73 Å². The molecule has 0 spiro atoms. The highest BCUT2D eigenvalue weighted by Crippen LogP contribution is 2.27. The molecule has 1 aromatic heterocycles. The van der Waals surface area contributed by atoms with Gasteiger partial charge in [0, 0.05) is 24.3 Å². The first-order valence-electron chi connectivity index (χ1n) is 7.93. The molecule has 1 aliphatic rings. The van der Waals surface area contributed by atoms with Crippen LogP contribution in [0.4, 0.5) is 5.82 Å². The van der Waals surface area contributed by atoms with Crippen molar-refractivity contribution in [3.05, 3.63) is 23.4 Å². The lowest BCUT2D eigenvalue weighted by Crippen LogP contribution is -2.39. The summed E-state index contributed by atoms with van der Waals surface area (Å²) in [6.45, 7) is 6.40. The topological polar surface area (TPSA) is 59.2 Å². The van der Waals surface area contributed by atoms with Crippen molar-refractivity contribution >= 4 is 11.7 Å².